The van der Waals surface area contributed by atoms with Crippen LogP contribution in [0.2, 0.25) is 0 Å². The Balaban J connectivity index is 1.97. The summed E-state index contributed by atoms with van der Waals surface area (Å²) in [5.74, 6) is 0.579. The minimum atomic E-state index is -0.696. The van der Waals surface area contributed by atoms with Gasteiger partial charge in [-0.3, -0.25) is 4.79 Å². The van der Waals surface area contributed by atoms with Crippen molar-refractivity contribution in [2.24, 2.45) is 5.92 Å². The van der Waals surface area contributed by atoms with E-state index in [0.717, 1.165) is 25.9 Å². The molecule has 2 rings (SSSR count). The average molecular weight is 261 g/mol. The van der Waals surface area contributed by atoms with Gasteiger partial charge in [0.2, 0.25) is 0 Å². The zero-order chi connectivity index (χ0) is 13.7. The third-order valence-electron chi connectivity index (χ3n) is 4.21. The fourth-order valence-corrected chi connectivity index (χ4v) is 3.12. The highest BCUT2D eigenvalue weighted by molar-refractivity contribution is 5.66. The highest BCUT2D eigenvalue weighted by Crippen LogP contribution is 2.34. The van der Waals surface area contributed by atoms with Crippen LogP contribution >= 0.6 is 0 Å². The molecule has 1 aliphatic heterocycles. The third kappa shape index (κ3) is 3.80. The van der Waals surface area contributed by atoms with Gasteiger partial charge in [0.05, 0.1) is 6.42 Å². The number of likely N-dealkylation sites (tertiary alicyclic amines) is 1. The highest BCUT2D eigenvalue weighted by atomic mass is 16.4. The Morgan fingerprint density at radius 2 is 2.11 bits per heavy atom. The summed E-state index contributed by atoms with van der Waals surface area (Å²) in [6, 6.07) is 10.7. The highest BCUT2D eigenvalue weighted by Gasteiger charge is 2.28. The molecule has 2 unspecified atom stereocenters. The van der Waals surface area contributed by atoms with Crippen molar-refractivity contribution in [2.45, 2.75) is 32.1 Å². The first-order valence-corrected chi connectivity index (χ1v) is 7.19. The van der Waals surface area contributed by atoms with E-state index in [9.17, 15) is 4.79 Å². The van der Waals surface area contributed by atoms with Gasteiger partial charge in [-0.25, -0.2) is 0 Å². The lowest BCUT2D eigenvalue weighted by Crippen LogP contribution is -2.40. The molecule has 19 heavy (non-hydrogen) atoms. The molecule has 3 heteroatoms. The van der Waals surface area contributed by atoms with Crippen LogP contribution in [0.5, 0.6) is 0 Å². The predicted molar refractivity (Wildman–Crippen MR) is 76.3 cm³/mol. The molecule has 0 aliphatic carbocycles. The van der Waals surface area contributed by atoms with E-state index in [1.54, 1.807) is 0 Å². The van der Waals surface area contributed by atoms with Crippen molar-refractivity contribution in [3.63, 3.8) is 0 Å². The minimum absolute atomic E-state index is 0.256. The van der Waals surface area contributed by atoms with Gasteiger partial charge in [-0.05, 0) is 30.4 Å². The second-order valence-corrected chi connectivity index (χ2v) is 5.42. The molecule has 1 fully saturated rings. The van der Waals surface area contributed by atoms with Crippen LogP contribution < -0.4 is 0 Å². The molecule has 0 spiro atoms. The monoisotopic (exact) mass is 261 g/mol. The van der Waals surface area contributed by atoms with Gasteiger partial charge in [0.15, 0.2) is 0 Å². The molecule has 1 saturated heterocycles. The number of piperidine rings is 1. The van der Waals surface area contributed by atoms with Crippen LogP contribution in [0.3, 0.4) is 0 Å². The van der Waals surface area contributed by atoms with Crippen molar-refractivity contribution in [3.8, 4) is 0 Å². The van der Waals surface area contributed by atoms with Gasteiger partial charge in [-0.15, -0.1) is 0 Å². The summed E-state index contributed by atoms with van der Waals surface area (Å²) in [7, 11) is 0. The predicted octanol–water partition coefficient (Wildman–Crippen LogP) is 2.98. The molecule has 0 bridgehead atoms. The van der Waals surface area contributed by atoms with Gasteiger partial charge < -0.3 is 10.0 Å². The summed E-state index contributed by atoms with van der Waals surface area (Å²) in [5, 5.41) is 8.77. The largest absolute Gasteiger partial charge is 0.481 e. The lowest BCUT2D eigenvalue weighted by Gasteiger charge is -2.38. The Labute approximate surface area is 115 Å². The maximum Gasteiger partial charge on any atom is 0.304 e. The molecule has 1 N–H and O–H groups in total. The molecule has 1 aromatic rings. The van der Waals surface area contributed by atoms with E-state index >= 15 is 0 Å². The molecule has 0 aromatic heterocycles. The molecular weight excluding hydrogens is 238 g/mol. The van der Waals surface area contributed by atoms with Crippen LogP contribution in [-0.2, 0) is 4.79 Å². The Bertz CT molecular complexity index is 404. The Hall–Kier alpha value is -1.35. The molecule has 0 amide bonds. The molecule has 1 aliphatic rings. The molecule has 0 saturated carbocycles. The van der Waals surface area contributed by atoms with Gasteiger partial charge >= 0.3 is 5.97 Å². The van der Waals surface area contributed by atoms with Crippen LogP contribution in [0.15, 0.2) is 30.3 Å². The topological polar surface area (TPSA) is 40.5 Å². The summed E-state index contributed by atoms with van der Waals surface area (Å²) in [6.45, 7) is 4.97. The summed E-state index contributed by atoms with van der Waals surface area (Å²) < 4.78 is 0. The molecule has 2 atom stereocenters. The zero-order valence-electron chi connectivity index (χ0n) is 11.6. The number of carboxylic acids is 1. The Kier molecular flexibility index (Phi) is 4.97. The number of nitrogens with zero attached hydrogens (tertiary/aromatic N) is 1. The van der Waals surface area contributed by atoms with Gasteiger partial charge in [0.1, 0.15) is 0 Å². The lowest BCUT2D eigenvalue weighted by molar-refractivity contribution is -0.137. The number of rotatable bonds is 5. The van der Waals surface area contributed by atoms with Crippen molar-refractivity contribution in [2.75, 3.05) is 19.6 Å². The first-order valence-electron chi connectivity index (χ1n) is 7.19. The number of aliphatic carboxylic acids is 1. The first kappa shape index (κ1) is 14.1. The van der Waals surface area contributed by atoms with E-state index < -0.39 is 5.97 Å². The summed E-state index contributed by atoms with van der Waals surface area (Å²) in [5.41, 5.74) is 1.44. The third-order valence-corrected chi connectivity index (χ3v) is 4.21. The van der Waals surface area contributed by atoms with E-state index in [0.29, 0.717) is 18.4 Å². The number of carboxylic acid groups (broad SMARTS) is 1. The first-order chi connectivity index (χ1) is 9.20. The van der Waals surface area contributed by atoms with E-state index in [4.69, 9.17) is 5.11 Å². The fourth-order valence-electron chi connectivity index (χ4n) is 3.12. The van der Waals surface area contributed by atoms with E-state index in [1.165, 1.54) is 5.56 Å². The maximum absolute atomic E-state index is 10.7. The number of hydrogen-bond donors (Lipinski definition) is 1. The lowest BCUT2D eigenvalue weighted by atomic mass is 9.79. The van der Waals surface area contributed by atoms with Gasteiger partial charge in [0.25, 0.3) is 0 Å². The second-order valence-electron chi connectivity index (χ2n) is 5.42. The van der Waals surface area contributed by atoms with E-state index in [-0.39, 0.29) is 6.42 Å². The molecule has 1 aromatic carbocycles. The summed E-state index contributed by atoms with van der Waals surface area (Å²) >= 11 is 0. The quantitative estimate of drug-likeness (QED) is 0.886. The van der Waals surface area contributed by atoms with Gasteiger partial charge in [-0.2, -0.15) is 0 Å². The number of benzene rings is 1. The Morgan fingerprint density at radius 3 is 2.74 bits per heavy atom. The van der Waals surface area contributed by atoms with E-state index in [2.05, 4.69) is 42.2 Å². The fraction of sp³-hybridized carbons (Fsp3) is 0.562. The molecular formula is C16H23NO2. The number of carbonyl (C=O) groups is 1. The standard InChI is InChI=1S/C16H23NO2/c1-2-13-12-17(11-9-16(18)19)10-8-15(13)14-6-4-3-5-7-14/h3-7,13,15H,2,8-12H2,1H3,(H,18,19). The smallest absolute Gasteiger partial charge is 0.304 e. The van der Waals surface area contributed by atoms with Crippen LogP contribution in [0.25, 0.3) is 0 Å². The Morgan fingerprint density at radius 1 is 1.37 bits per heavy atom. The van der Waals surface area contributed by atoms with Crippen molar-refractivity contribution in [1.29, 1.82) is 0 Å². The van der Waals surface area contributed by atoms with Crippen molar-refractivity contribution >= 4 is 5.97 Å². The zero-order valence-corrected chi connectivity index (χ0v) is 11.6. The second kappa shape index (κ2) is 6.71. The molecule has 3 nitrogen and oxygen atoms in total. The molecule has 104 valence electrons. The summed E-state index contributed by atoms with van der Waals surface area (Å²) in [4.78, 5) is 13.0. The van der Waals surface area contributed by atoms with Crippen LogP contribution in [0.1, 0.15) is 37.7 Å². The SMILES string of the molecule is CCC1CN(CCC(=O)O)CCC1c1ccccc1. The van der Waals surface area contributed by atoms with Crippen molar-refractivity contribution in [1.82, 2.24) is 4.90 Å². The van der Waals surface area contributed by atoms with E-state index in [1.807, 2.05) is 0 Å². The van der Waals surface area contributed by atoms with Crippen molar-refractivity contribution < 1.29 is 9.90 Å². The van der Waals surface area contributed by atoms with Gasteiger partial charge in [-0.1, -0.05) is 43.7 Å². The van der Waals surface area contributed by atoms with Crippen LogP contribution in [0, 0.1) is 5.92 Å². The molecule has 0 radical (unpaired) electrons. The van der Waals surface area contributed by atoms with Crippen molar-refractivity contribution in [3.05, 3.63) is 35.9 Å². The average Bonchev–Trinajstić information content (AvgIpc) is 2.45. The molecule has 1 heterocycles. The minimum Gasteiger partial charge on any atom is -0.481 e. The summed E-state index contributed by atoms with van der Waals surface area (Å²) in [6.07, 6.45) is 2.55. The number of hydrogen-bond acceptors (Lipinski definition) is 2. The maximum atomic E-state index is 10.7. The normalized spacial score (nSPS) is 24.3. The van der Waals surface area contributed by atoms with Crippen LogP contribution in [-0.4, -0.2) is 35.6 Å². The van der Waals surface area contributed by atoms with Crippen LogP contribution in [0.4, 0.5) is 0 Å². The van der Waals surface area contributed by atoms with Gasteiger partial charge in [0, 0.05) is 13.1 Å².